The van der Waals surface area contributed by atoms with E-state index in [9.17, 15) is 9.90 Å². The van der Waals surface area contributed by atoms with E-state index in [0.29, 0.717) is 17.9 Å². The monoisotopic (exact) mass is 493 g/mol. The minimum Gasteiger partial charge on any atom is -0.462 e. The molecule has 33 heavy (non-hydrogen) atoms. The van der Waals surface area contributed by atoms with Gasteiger partial charge in [-0.1, -0.05) is 37.1 Å². The van der Waals surface area contributed by atoms with Gasteiger partial charge in [0.05, 0.1) is 23.9 Å². The fraction of sp³-hybridized carbons (Fsp3) is 0.615. The first-order valence-corrected chi connectivity index (χ1v) is 13.4. The van der Waals surface area contributed by atoms with Crippen molar-refractivity contribution in [3.05, 3.63) is 51.5 Å². The van der Waals surface area contributed by atoms with E-state index in [1.54, 1.807) is 13.1 Å². The number of thiazole rings is 1. The van der Waals surface area contributed by atoms with Gasteiger partial charge in [-0.05, 0) is 68.9 Å². The molecule has 2 N–H and O–H groups in total. The van der Waals surface area contributed by atoms with Crippen molar-refractivity contribution in [3.63, 3.8) is 0 Å². The second-order valence-corrected chi connectivity index (χ2v) is 10.5. The molecular formula is C26H36ClNO4S. The third kappa shape index (κ3) is 7.51. The smallest absolute Gasteiger partial charge is 0.349 e. The highest BCUT2D eigenvalue weighted by atomic mass is 35.5. The summed E-state index contributed by atoms with van der Waals surface area (Å²) in [7, 11) is 0. The fourth-order valence-corrected chi connectivity index (χ4v) is 6.12. The summed E-state index contributed by atoms with van der Waals surface area (Å²) < 4.78 is 5.04. The number of alkyl halides is 1. The Morgan fingerprint density at radius 2 is 1.91 bits per heavy atom. The number of aromatic nitrogens is 1. The van der Waals surface area contributed by atoms with Crippen molar-refractivity contribution in [2.75, 3.05) is 13.2 Å². The second-order valence-electron chi connectivity index (χ2n) is 8.87. The predicted molar refractivity (Wildman–Crippen MR) is 133 cm³/mol. The maximum absolute atomic E-state index is 11.8. The van der Waals surface area contributed by atoms with E-state index >= 15 is 0 Å². The SMILES string of the molecule is CCOC(=O)c1cnc(CCC[C@@H]2[C@@H](c3ccc(CCCCCCO)cc3)[C@H](O)C[C@H]2Cl)s1. The van der Waals surface area contributed by atoms with E-state index in [1.807, 2.05) is 0 Å². The highest BCUT2D eigenvalue weighted by Gasteiger charge is 2.41. The van der Waals surface area contributed by atoms with E-state index < -0.39 is 6.10 Å². The number of aliphatic hydroxyl groups excluding tert-OH is 2. The van der Waals surface area contributed by atoms with Gasteiger partial charge in [-0.15, -0.1) is 22.9 Å². The van der Waals surface area contributed by atoms with Gasteiger partial charge in [-0.3, -0.25) is 0 Å². The average molecular weight is 494 g/mol. The number of ether oxygens (including phenoxy) is 1. The summed E-state index contributed by atoms with van der Waals surface area (Å²) in [6, 6.07) is 8.68. The second kappa shape index (κ2) is 13.4. The summed E-state index contributed by atoms with van der Waals surface area (Å²) >= 11 is 8.06. The van der Waals surface area contributed by atoms with Gasteiger partial charge >= 0.3 is 5.97 Å². The largest absolute Gasteiger partial charge is 0.462 e. The molecule has 1 aromatic heterocycles. The number of carbonyl (C=O) groups is 1. The first kappa shape index (κ1) is 26.1. The Morgan fingerprint density at radius 3 is 2.64 bits per heavy atom. The molecule has 2 aromatic rings. The number of aliphatic hydroxyl groups is 2. The molecule has 7 heteroatoms. The van der Waals surface area contributed by atoms with Crippen molar-refractivity contribution in [1.82, 2.24) is 4.98 Å². The van der Waals surface area contributed by atoms with E-state index in [4.69, 9.17) is 21.4 Å². The van der Waals surface area contributed by atoms with Crippen LogP contribution in [0.5, 0.6) is 0 Å². The van der Waals surface area contributed by atoms with Gasteiger partial charge in [-0.25, -0.2) is 9.78 Å². The lowest BCUT2D eigenvalue weighted by Gasteiger charge is -2.24. The molecule has 1 heterocycles. The standard InChI is InChI=1S/C26H36ClNO4S/c1-2-32-26(31)23-17-28-24(33-23)10-7-9-20-21(27)16-22(30)25(20)19-13-11-18(12-14-19)8-5-3-4-6-15-29/h11-14,17,20-22,25,29-30H,2-10,15-16H2,1H3/t20-,21+,22+,25+/m0/s1. The molecule has 1 saturated carbocycles. The molecule has 0 bridgehead atoms. The Kier molecular flexibility index (Phi) is 10.6. The Bertz CT molecular complexity index is 856. The Morgan fingerprint density at radius 1 is 1.15 bits per heavy atom. The summed E-state index contributed by atoms with van der Waals surface area (Å²) in [6.45, 7) is 2.43. The van der Waals surface area contributed by atoms with E-state index in [1.165, 1.54) is 22.5 Å². The summed E-state index contributed by atoms with van der Waals surface area (Å²) in [5, 5.41) is 20.5. The van der Waals surface area contributed by atoms with Crippen molar-refractivity contribution in [3.8, 4) is 0 Å². The number of nitrogens with zero attached hydrogens (tertiary/aromatic N) is 1. The van der Waals surface area contributed by atoms with Crippen LogP contribution in [0.25, 0.3) is 0 Å². The van der Waals surface area contributed by atoms with Crippen molar-refractivity contribution in [2.24, 2.45) is 5.92 Å². The molecule has 0 saturated heterocycles. The van der Waals surface area contributed by atoms with Gasteiger partial charge in [0, 0.05) is 17.9 Å². The van der Waals surface area contributed by atoms with Gasteiger partial charge in [-0.2, -0.15) is 0 Å². The van der Waals surface area contributed by atoms with Gasteiger partial charge in [0.15, 0.2) is 0 Å². The highest BCUT2D eigenvalue weighted by Crippen LogP contribution is 2.45. The van der Waals surface area contributed by atoms with Crippen LogP contribution in [0, 0.1) is 5.92 Å². The van der Waals surface area contributed by atoms with Crippen LogP contribution in [-0.4, -0.2) is 45.9 Å². The number of carbonyl (C=O) groups excluding carboxylic acids is 1. The molecule has 1 aromatic carbocycles. The number of benzene rings is 1. The third-order valence-electron chi connectivity index (χ3n) is 6.50. The maximum Gasteiger partial charge on any atom is 0.349 e. The van der Waals surface area contributed by atoms with Crippen molar-refractivity contribution < 1.29 is 19.7 Å². The molecule has 0 aliphatic heterocycles. The minimum atomic E-state index is -0.419. The lowest BCUT2D eigenvalue weighted by Crippen LogP contribution is -2.19. The molecule has 1 fully saturated rings. The molecule has 0 amide bonds. The van der Waals surface area contributed by atoms with E-state index in [0.717, 1.165) is 56.4 Å². The Labute approximate surface area is 206 Å². The van der Waals surface area contributed by atoms with Gasteiger partial charge in [0.2, 0.25) is 0 Å². The Balaban J connectivity index is 1.53. The number of esters is 1. The molecule has 0 radical (unpaired) electrons. The highest BCUT2D eigenvalue weighted by molar-refractivity contribution is 7.13. The normalized spacial score (nSPS) is 22.5. The predicted octanol–water partition coefficient (Wildman–Crippen LogP) is 5.51. The van der Waals surface area contributed by atoms with Crippen LogP contribution < -0.4 is 0 Å². The molecule has 3 rings (SSSR count). The van der Waals surface area contributed by atoms with E-state index in [-0.39, 0.29) is 29.8 Å². The molecule has 0 unspecified atom stereocenters. The zero-order valence-electron chi connectivity index (χ0n) is 19.4. The number of aryl methyl sites for hydroxylation is 2. The van der Waals surface area contributed by atoms with Crippen LogP contribution in [0.3, 0.4) is 0 Å². The van der Waals surface area contributed by atoms with Crippen LogP contribution >= 0.6 is 22.9 Å². The lowest BCUT2D eigenvalue weighted by molar-refractivity contribution is 0.0531. The summed E-state index contributed by atoms with van der Waals surface area (Å²) in [5.74, 6) is -0.0392. The molecule has 4 atom stereocenters. The zero-order valence-corrected chi connectivity index (χ0v) is 21.0. The lowest BCUT2D eigenvalue weighted by atomic mass is 9.84. The van der Waals surface area contributed by atoms with Crippen molar-refractivity contribution >= 4 is 28.9 Å². The zero-order chi connectivity index (χ0) is 23.6. The van der Waals surface area contributed by atoms with Crippen LogP contribution in [0.1, 0.15) is 83.6 Å². The van der Waals surface area contributed by atoms with Gasteiger partial charge < -0.3 is 14.9 Å². The third-order valence-corrected chi connectivity index (χ3v) is 8.04. The van der Waals surface area contributed by atoms with Crippen LogP contribution in [0.2, 0.25) is 0 Å². The number of rotatable bonds is 13. The van der Waals surface area contributed by atoms with Crippen LogP contribution in [0.15, 0.2) is 30.5 Å². The summed E-state index contributed by atoms with van der Waals surface area (Å²) in [6.07, 6.45) is 9.69. The number of unbranched alkanes of at least 4 members (excludes halogenated alkanes) is 3. The molecule has 1 aliphatic carbocycles. The average Bonchev–Trinajstić information content (AvgIpc) is 3.38. The topological polar surface area (TPSA) is 79.7 Å². The first-order valence-electron chi connectivity index (χ1n) is 12.2. The molecule has 1 aliphatic rings. The summed E-state index contributed by atoms with van der Waals surface area (Å²) in [5.41, 5.74) is 2.48. The number of hydrogen-bond acceptors (Lipinski definition) is 6. The van der Waals surface area contributed by atoms with Crippen molar-refractivity contribution in [1.29, 1.82) is 0 Å². The van der Waals surface area contributed by atoms with Crippen LogP contribution in [-0.2, 0) is 17.6 Å². The molecule has 0 spiro atoms. The van der Waals surface area contributed by atoms with Crippen LogP contribution in [0.4, 0.5) is 0 Å². The Hall–Kier alpha value is -1.47. The summed E-state index contributed by atoms with van der Waals surface area (Å²) in [4.78, 5) is 16.8. The molecular weight excluding hydrogens is 458 g/mol. The molecule has 182 valence electrons. The fourth-order valence-electron chi connectivity index (χ4n) is 4.80. The maximum atomic E-state index is 11.8. The van der Waals surface area contributed by atoms with Gasteiger partial charge in [0.25, 0.3) is 0 Å². The number of halogens is 1. The quantitative estimate of drug-likeness (QED) is 0.218. The minimum absolute atomic E-state index is 0.0393. The van der Waals surface area contributed by atoms with Crippen molar-refractivity contribution in [2.45, 2.75) is 82.1 Å². The first-order chi connectivity index (χ1) is 16.0. The number of hydrogen-bond donors (Lipinski definition) is 2. The van der Waals surface area contributed by atoms with Gasteiger partial charge in [0.1, 0.15) is 4.88 Å². The van der Waals surface area contributed by atoms with E-state index in [2.05, 4.69) is 29.2 Å². The molecule has 5 nitrogen and oxygen atoms in total.